The van der Waals surface area contributed by atoms with Crippen LogP contribution in [0.25, 0.3) is 0 Å². The number of hydrogen-bond donors (Lipinski definition) is 1. The number of aromatic nitrogens is 1. The predicted molar refractivity (Wildman–Crippen MR) is 98.7 cm³/mol. The van der Waals surface area contributed by atoms with Crippen molar-refractivity contribution < 1.29 is 22.7 Å². The average Bonchev–Trinajstić information content (AvgIpc) is 3.04. The molecule has 1 atom stereocenters. The number of rotatable bonds is 6. The van der Waals surface area contributed by atoms with E-state index in [1.54, 1.807) is 27.0 Å². The summed E-state index contributed by atoms with van der Waals surface area (Å²) in [5.41, 5.74) is -0.605. The highest BCUT2D eigenvalue weighted by molar-refractivity contribution is 7.09. The van der Waals surface area contributed by atoms with Crippen LogP contribution >= 0.6 is 11.3 Å². The monoisotopic (exact) mass is 400 g/mol. The van der Waals surface area contributed by atoms with E-state index in [1.807, 2.05) is 5.38 Å². The van der Waals surface area contributed by atoms with Gasteiger partial charge >= 0.3 is 12.3 Å². The number of alkyl carbamates (subject to hydrolysis) is 1. The molecule has 4 nitrogen and oxygen atoms in total. The van der Waals surface area contributed by atoms with Gasteiger partial charge < -0.3 is 10.1 Å². The Hall–Kier alpha value is -2.09. The van der Waals surface area contributed by atoms with Crippen LogP contribution in [0.5, 0.6) is 0 Å². The van der Waals surface area contributed by atoms with Gasteiger partial charge in [-0.25, -0.2) is 9.78 Å². The van der Waals surface area contributed by atoms with E-state index < -0.39 is 23.4 Å². The minimum atomic E-state index is -4.36. The summed E-state index contributed by atoms with van der Waals surface area (Å²) in [7, 11) is 0. The van der Waals surface area contributed by atoms with Crippen LogP contribution in [0.15, 0.2) is 35.8 Å². The van der Waals surface area contributed by atoms with Crippen molar-refractivity contribution in [2.45, 2.75) is 57.9 Å². The fraction of sp³-hybridized carbons (Fsp3) is 0.474. The Morgan fingerprint density at radius 2 is 1.89 bits per heavy atom. The quantitative estimate of drug-likeness (QED) is 0.722. The van der Waals surface area contributed by atoms with Crippen molar-refractivity contribution in [1.82, 2.24) is 10.3 Å². The van der Waals surface area contributed by atoms with Crippen LogP contribution < -0.4 is 5.32 Å². The highest BCUT2D eigenvalue weighted by Crippen LogP contribution is 2.29. The molecule has 0 bridgehead atoms. The van der Waals surface area contributed by atoms with Crippen molar-refractivity contribution in [3.63, 3.8) is 0 Å². The highest BCUT2D eigenvalue weighted by atomic mass is 32.1. The molecule has 1 unspecified atom stereocenters. The van der Waals surface area contributed by atoms with E-state index in [0.29, 0.717) is 24.8 Å². The van der Waals surface area contributed by atoms with Crippen molar-refractivity contribution in [2.24, 2.45) is 0 Å². The van der Waals surface area contributed by atoms with Gasteiger partial charge in [0.2, 0.25) is 0 Å². The number of ether oxygens (including phenoxy) is 1. The summed E-state index contributed by atoms with van der Waals surface area (Å²) >= 11 is 1.52. The van der Waals surface area contributed by atoms with Gasteiger partial charge in [-0.2, -0.15) is 13.2 Å². The first kappa shape index (κ1) is 21.2. The molecule has 0 spiro atoms. The Morgan fingerprint density at radius 3 is 2.41 bits per heavy atom. The van der Waals surface area contributed by atoms with Gasteiger partial charge in [0.25, 0.3) is 0 Å². The van der Waals surface area contributed by atoms with Crippen LogP contribution in [0, 0.1) is 0 Å². The third-order valence-corrected chi connectivity index (χ3v) is 4.51. The molecule has 1 N–H and O–H groups in total. The summed E-state index contributed by atoms with van der Waals surface area (Å²) in [5.74, 6) is 0. The van der Waals surface area contributed by atoms with Crippen LogP contribution in [0.4, 0.5) is 18.0 Å². The minimum Gasteiger partial charge on any atom is -0.444 e. The van der Waals surface area contributed by atoms with Gasteiger partial charge in [-0.3, -0.25) is 0 Å². The first-order valence-electron chi connectivity index (χ1n) is 8.57. The SMILES string of the molecule is CC(C)(C)OC(=O)NC(CCc1nccs1)Cc1ccc(C(F)(F)F)cc1. The Bertz CT molecular complexity index is 723. The topological polar surface area (TPSA) is 51.2 Å². The Morgan fingerprint density at radius 1 is 1.22 bits per heavy atom. The Labute approximate surface area is 160 Å². The first-order valence-corrected chi connectivity index (χ1v) is 9.45. The maximum absolute atomic E-state index is 12.7. The molecule has 0 radical (unpaired) electrons. The normalized spacial score (nSPS) is 13.3. The third kappa shape index (κ3) is 7.58. The van der Waals surface area contributed by atoms with Gasteiger partial charge in [-0.05, 0) is 51.3 Å². The van der Waals surface area contributed by atoms with Crippen LogP contribution in [-0.4, -0.2) is 22.7 Å². The number of aryl methyl sites for hydroxylation is 1. The lowest BCUT2D eigenvalue weighted by Gasteiger charge is -2.24. The lowest BCUT2D eigenvalue weighted by molar-refractivity contribution is -0.137. The molecular formula is C19H23F3N2O2S. The van der Waals surface area contributed by atoms with E-state index in [9.17, 15) is 18.0 Å². The number of nitrogens with one attached hydrogen (secondary N) is 1. The van der Waals surface area contributed by atoms with Crippen LogP contribution in [-0.2, 0) is 23.8 Å². The number of alkyl halides is 3. The summed E-state index contributed by atoms with van der Waals surface area (Å²) in [6, 6.07) is 4.72. The zero-order valence-corrected chi connectivity index (χ0v) is 16.3. The summed E-state index contributed by atoms with van der Waals surface area (Å²) in [6.07, 6.45) is -1.52. The molecular weight excluding hydrogens is 377 g/mol. The molecule has 1 aromatic heterocycles. The van der Waals surface area contributed by atoms with E-state index in [0.717, 1.165) is 17.1 Å². The molecule has 1 amide bonds. The fourth-order valence-corrected chi connectivity index (χ4v) is 3.12. The van der Waals surface area contributed by atoms with Crippen LogP contribution in [0.1, 0.15) is 43.3 Å². The zero-order valence-electron chi connectivity index (χ0n) is 15.5. The van der Waals surface area contributed by atoms with Gasteiger partial charge in [0.15, 0.2) is 0 Å². The molecule has 0 saturated heterocycles. The number of carbonyl (C=O) groups excluding carboxylic acids is 1. The Balaban J connectivity index is 2.04. The standard InChI is InChI=1S/C19H23F3N2O2S/c1-18(2,3)26-17(25)24-15(8-9-16-23-10-11-27-16)12-13-4-6-14(7-5-13)19(20,21)22/h4-7,10-11,15H,8-9,12H2,1-3H3,(H,24,25). The van der Waals surface area contributed by atoms with E-state index in [1.165, 1.54) is 23.5 Å². The van der Waals surface area contributed by atoms with Crippen LogP contribution in [0.2, 0.25) is 0 Å². The van der Waals surface area contributed by atoms with E-state index >= 15 is 0 Å². The number of nitrogens with zero attached hydrogens (tertiary/aromatic N) is 1. The Kier molecular flexibility index (Phi) is 6.86. The predicted octanol–water partition coefficient (Wildman–Crippen LogP) is 5.23. The largest absolute Gasteiger partial charge is 0.444 e. The lowest BCUT2D eigenvalue weighted by Crippen LogP contribution is -2.40. The van der Waals surface area contributed by atoms with Crippen molar-refractivity contribution in [1.29, 1.82) is 0 Å². The number of hydrogen-bond acceptors (Lipinski definition) is 4. The number of carbonyl (C=O) groups is 1. The molecule has 1 heterocycles. The van der Waals surface area contributed by atoms with E-state index in [2.05, 4.69) is 10.3 Å². The number of amides is 1. The van der Waals surface area contributed by atoms with Gasteiger partial charge in [-0.1, -0.05) is 12.1 Å². The van der Waals surface area contributed by atoms with Crippen molar-refractivity contribution >= 4 is 17.4 Å². The maximum Gasteiger partial charge on any atom is 0.416 e. The molecule has 1 aromatic carbocycles. The van der Waals surface area contributed by atoms with Crippen molar-refractivity contribution in [3.05, 3.63) is 52.0 Å². The third-order valence-electron chi connectivity index (χ3n) is 3.67. The molecule has 2 aromatic rings. The molecule has 0 fully saturated rings. The van der Waals surface area contributed by atoms with E-state index in [4.69, 9.17) is 4.74 Å². The summed E-state index contributed by atoms with van der Waals surface area (Å²) in [6.45, 7) is 5.31. The van der Waals surface area contributed by atoms with Gasteiger partial charge in [0, 0.05) is 24.0 Å². The molecule has 2 rings (SSSR count). The zero-order chi connectivity index (χ0) is 20.1. The second-order valence-corrected chi connectivity index (χ2v) is 8.19. The molecule has 148 valence electrons. The molecule has 0 saturated carbocycles. The molecule has 8 heteroatoms. The minimum absolute atomic E-state index is 0.277. The number of halogens is 3. The fourth-order valence-electron chi connectivity index (χ4n) is 2.49. The second kappa shape index (κ2) is 8.73. The summed E-state index contributed by atoms with van der Waals surface area (Å²) in [4.78, 5) is 16.3. The summed E-state index contributed by atoms with van der Waals surface area (Å²) in [5, 5.41) is 5.64. The molecule has 0 aliphatic rings. The highest BCUT2D eigenvalue weighted by Gasteiger charge is 2.30. The van der Waals surface area contributed by atoms with Crippen molar-refractivity contribution in [2.75, 3.05) is 0 Å². The van der Waals surface area contributed by atoms with Gasteiger partial charge in [0.1, 0.15) is 5.60 Å². The molecule has 0 aliphatic carbocycles. The number of benzene rings is 1. The van der Waals surface area contributed by atoms with Crippen molar-refractivity contribution in [3.8, 4) is 0 Å². The smallest absolute Gasteiger partial charge is 0.416 e. The van der Waals surface area contributed by atoms with Gasteiger partial charge in [-0.15, -0.1) is 11.3 Å². The molecule has 27 heavy (non-hydrogen) atoms. The first-order chi connectivity index (χ1) is 12.5. The number of thiazole rings is 1. The van der Waals surface area contributed by atoms with Gasteiger partial charge in [0.05, 0.1) is 10.6 Å². The maximum atomic E-state index is 12.7. The molecule has 0 aliphatic heterocycles. The second-order valence-electron chi connectivity index (χ2n) is 7.21. The summed E-state index contributed by atoms with van der Waals surface area (Å²) < 4.78 is 43.4. The van der Waals surface area contributed by atoms with Crippen LogP contribution in [0.3, 0.4) is 0 Å². The lowest BCUT2D eigenvalue weighted by atomic mass is 10.0. The average molecular weight is 400 g/mol. The van der Waals surface area contributed by atoms with E-state index in [-0.39, 0.29) is 6.04 Å².